The third-order valence-corrected chi connectivity index (χ3v) is 4.73. The molecule has 0 spiro atoms. The van der Waals surface area contributed by atoms with Crippen LogP contribution in [0.1, 0.15) is 5.82 Å². The van der Waals surface area contributed by atoms with E-state index in [4.69, 9.17) is 23.2 Å². The van der Waals surface area contributed by atoms with Crippen LogP contribution in [0.25, 0.3) is 16.5 Å². The third-order valence-electron chi connectivity index (χ3n) is 3.99. The Balaban J connectivity index is 1.49. The predicted molar refractivity (Wildman–Crippen MR) is 109 cm³/mol. The molecule has 134 valence electrons. The fourth-order valence-corrected chi connectivity index (χ4v) is 2.95. The highest BCUT2D eigenvalue weighted by molar-refractivity contribution is 6.42. The molecule has 1 heterocycles. The number of nitrogens with zero attached hydrogens (tertiary/aromatic N) is 5. The first-order valence-electron chi connectivity index (χ1n) is 8.20. The van der Waals surface area contributed by atoms with E-state index in [0.29, 0.717) is 22.3 Å². The molecule has 0 aliphatic heterocycles. The second-order valence-corrected chi connectivity index (χ2v) is 6.61. The molecular formula is C19H14Cl2N6. The first-order chi connectivity index (χ1) is 13.2. The van der Waals surface area contributed by atoms with Gasteiger partial charge in [0.25, 0.3) is 0 Å². The van der Waals surface area contributed by atoms with Crippen LogP contribution in [0.2, 0.25) is 10.0 Å². The van der Waals surface area contributed by atoms with Crippen molar-refractivity contribution in [3.63, 3.8) is 0 Å². The molecule has 27 heavy (non-hydrogen) atoms. The molecule has 0 amide bonds. The quantitative estimate of drug-likeness (QED) is 0.389. The molecule has 4 rings (SSSR count). The molecule has 0 atom stereocenters. The molecule has 4 aromatic rings. The Bertz CT molecular complexity index is 1120. The van der Waals surface area contributed by atoms with E-state index < -0.39 is 0 Å². The van der Waals surface area contributed by atoms with Crippen LogP contribution < -0.4 is 5.43 Å². The summed E-state index contributed by atoms with van der Waals surface area (Å²) in [5.41, 5.74) is 4.55. The van der Waals surface area contributed by atoms with Crippen molar-refractivity contribution < 1.29 is 0 Å². The monoisotopic (exact) mass is 396 g/mol. The second kappa shape index (κ2) is 7.73. The Labute approximate surface area is 165 Å². The van der Waals surface area contributed by atoms with Gasteiger partial charge in [0.1, 0.15) is 0 Å². The standard InChI is InChI=1S/C19H14Cl2N6/c20-17-8-6-15(12-18(17)21)23-22-10-9-19-24-25-26-27(19)16-7-5-13-3-1-2-4-14(13)11-16/h1-8,10-12,23H,9H2/b22-10+. The van der Waals surface area contributed by atoms with Crippen molar-refractivity contribution in [3.8, 4) is 5.69 Å². The van der Waals surface area contributed by atoms with Gasteiger partial charge in [-0.25, -0.2) is 0 Å². The van der Waals surface area contributed by atoms with Crippen LogP contribution in [0.15, 0.2) is 65.8 Å². The first-order valence-corrected chi connectivity index (χ1v) is 8.95. The van der Waals surface area contributed by atoms with Crippen LogP contribution in [0.3, 0.4) is 0 Å². The highest BCUT2D eigenvalue weighted by Crippen LogP contribution is 2.25. The minimum atomic E-state index is 0.466. The number of nitrogens with one attached hydrogen (secondary N) is 1. The molecule has 3 aromatic carbocycles. The maximum atomic E-state index is 5.98. The van der Waals surface area contributed by atoms with Crippen LogP contribution in [0.4, 0.5) is 5.69 Å². The SMILES string of the molecule is Clc1ccc(N/N=C/Cc2nnnn2-c2ccc3ccccc3c2)cc1Cl. The number of halogens is 2. The zero-order chi connectivity index (χ0) is 18.6. The van der Waals surface area contributed by atoms with Gasteiger partial charge in [0.05, 0.1) is 21.4 Å². The van der Waals surface area contributed by atoms with E-state index in [1.807, 2.05) is 18.2 Å². The van der Waals surface area contributed by atoms with E-state index >= 15 is 0 Å². The summed E-state index contributed by atoms with van der Waals surface area (Å²) >= 11 is 11.9. The maximum absolute atomic E-state index is 5.98. The van der Waals surface area contributed by atoms with Gasteiger partial charge in [0, 0.05) is 12.6 Å². The lowest BCUT2D eigenvalue weighted by molar-refractivity contribution is 0.777. The van der Waals surface area contributed by atoms with E-state index in [1.165, 1.54) is 5.39 Å². The number of tetrazole rings is 1. The Morgan fingerprint density at radius 2 is 1.81 bits per heavy atom. The Hall–Kier alpha value is -2.96. The number of hydrogen-bond donors (Lipinski definition) is 1. The fourth-order valence-electron chi connectivity index (χ4n) is 2.66. The Morgan fingerprint density at radius 1 is 0.963 bits per heavy atom. The van der Waals surface area contributed by atoms with Crippen LogP contribution in [-0.2, 0) is 6.42 Å². The number of anilines is 1. The lowest BCUT2D eigenvalue weighted by Crippen LogP contribution is -2.04. The van der Waals surface area contributed by atoms with Crippen LogP contribution in [0, 0.1) is 0 Å². The van der Waals surface area contributed by atoms with Crippen molar-refractivity contribution in [3.05, 3.63) is 76.5 Å². The van der Waals surface area contributed by atoms with Gasteiger partial charge in [-0.3, -0.25) is 5.43 Å². The molecular weight excluding hydrogens is 383 g/mol. The lowest BCUT2D eigenvalue weighted by Gasteiger charge is -2.05. The molecule has 0 radical (unpaired) electrons. The molecule has 0 aliphatic carbocycles. The van der Waals surface area contributed by atoms with Gasteiger partial charge in [-0.15, -0.1) is 5.10 Å². The molecule has 0 saturated heterocycles. The van der Waals surface area contributed by atoms with Crippen LogP contribution in [-0.4, -0.2) is 26.4 Å². The average Bonchev–Trinajstić information content (AvgIpc) is 3.16. The smallest absolute Gasteiger partial charge is 0.162 e. The summed E-state index contributed by atoms with van der Waals surface area (Å²) in [4.78, 5) is 0. The topological polar surface area (TPSA) is 68.0 Å². The summed E-state index contributed by atoms with van der Waals surface area (Å²) in [6.45, 7) is 0. The van der Waals surface area contributed by atoms with Gasteiger partial charge in [0.15, 0.2) is 5.82 Å². The number of hydrazone groups is 1. The molecule has 1 N–H and O–H groups in total. The summed E-state index contributed by atoms with van der Waals surface area (Å²) < 4.78 is 1.71. The van der Waals surface area contributed by atoms with Crippen LogP contribution in [0.5, 0.6) is 0 Å². The number of fused-ring (bicyclic) bond motifs is 1. The highest BCUT2D eigenvalue weighted by Gasteiger charge is 2.07. The minimum Gasteiger partial charge on any atom is -0.279 e. The number of benzene rings is 3. The zero-order valence-electron chi connectivity index (χ0n) is 14.0. The van der Waals surface area contributed by atoms with Crippen molar-refractivity contribution in [2.24, 2.45) is 5.10 Å². The van der Waals surface area contributed by atoms with E-state index in [2.05, 4.69) is 50.3 Å². The highest BCUT2D eigenvalue weighted by atomic mass is 35.5. The van der Waals surface area contributed by atoms with E-state index in [0.717, 1.165) is 16.8 Å². The molecule has 0 fully saturated rings. The molecule has 8 heteroatoms. The summed E-state index contributed by atoms with van der Waals surface area (Å²) in [6, 6.07) is 19.5. The second-order valence-electron chi connectivity index (χ2n) is 5.79. The summed E-state index contributed by atoms with van der Waals surface area (Å²) in [5, 5.41) is 19.4. The van der Waals surface area contributed by atoms with Gasteiger partial charge in [-0.05, 0) is 51.5 Å². The fraction of sp³-hybridized carbons (Fsp3) is 0.0526. The molecule has 0 saturated carbocycles. The largest absolute Gasteiger partial charge is 0.279 e. The van der Waals surface area contributed by atoms with Crippen molar-refractivity contribution in [1.82, 2.24) is 20.2 Å². The van der Waals surface area contributed by atoms with E-state index in [-0.39, 0.29) is 0 Å². The zero-order valence-corrected chi connectivity index (χ0v) is 15.6. The van der Waals surface area contributed by atoms with Crippen molar-refractivity contribution in [2.75, 3.05) is 5.43 Å². The van der Waals surface area contributed by atoms with E-state index in [9.17, 15) is 0 Å². The predicted octanol–water partition coefficient (Wildman–Crippen LogP) is 4.76. The normalized spacial score (nSPS) is 11.3. The number of aromatic nitrogens is 4. The van der Waals surface area contributed by atoms with Crippen molar-refractivity contribution in [1.29, 1.82) is 0 Å². The van der Waals surface area contributed by atoms with E-state index in [1.54, 1.807) is 29.1 Å². The van der Waals surface area contributed by atoms with Crippen LogP contribution >= 0.6 is 23.2 Å². The average molecular weight is 397 g/mol. The molecule has 0 unspecified atom stereocenters. The number of hydrogen-bond acceptors (Lipinski definition) is 5. The molecule has 0 bridgehead atoms. The van der Waals surface area contributed by atoms with Gasteiger partial charge in [-0.2, -0.15) is 9.78 Å². The van der Waals surface area contributed by atoms with Gasteiger partial charge < -0.3 is 0 Å². The summed E-state index contributed by atoms with van der Waals surface area (Å²) in [5.74, 6) is 0.685. The Morgan fingerprint density at radius 3 is 2.67 bits per heavy atom. The third kappa shape index (κ3) is 3.92. The molecule has 0 aliphatic rings. The van der Waals surface area contributed by atoms with Crippen molar-refractivity contribution in [2.45, 2.75) is 6.42 Å². The minimum absolute atomic E-state index is 0.466. The maximum Gasteiger partial charge on any atom is 0.162 e. The first kappa shape index (κ1) is 17.5. The Kier molecular flexibility index (Phi) is 5.00. The van der Waals surface area contributed by atoms with Crippen molar-refractivity contribution >= 4 is 45.9 Å². The number of rotatable bonds is 5. The molecule has 1 aromatic heterocycles. The molecule has 6 nitrogen and oxygen atoms in total. The van der Waals surface area contributed by atoms with Gasteiger partial charge in [-0.1, -0.05) is 53.5 Å². The van der Waals surface area contributed by atoms with Gasteiger partial charge in [0.2, 0.25) is 0 Å². The summed E-state index contributed by atoms with van der Waals surface area (Å²) in [6.07, 6.45) is 2.17. The summed E-state index contributed by atoms with van der Waals surface area (Å²) in [7, 11) is 0. The van der Waals surface area contributed by atoms with Gasteiger partial charge >= 0.3 is 0 Å². The lowest BCUT2D eigenvalue weighted by atomic mass is 10.1.